The number of halogens is 6. The van der Waals surface area contributed by atoms with Crippen molar-refractivity contribution in [1.29, 1.82) is 0 Å². The van der Waals surface area contributed by atoms with Crippen molar-refractivity contribution in [3.05, 3.63) is 29.6 Å². The Morgan fingerprint density at radius 1 is 1.17 bits per heavy atom. The van der Waals surface area contributed by atoms with E-state index in [1.165, 1.54) is 20.0 Å². The van der Waals surface area contributed by atoms with Crippen LogP contribution in [-0.4, -0.2) is 66.0 Å². The summed E-state index contributed by atoms with van der Waals surface area (Å²) < 4.78 is 66.1. The van der Waals surface area contributed by atoms with Crippen molar-refractivity contribution >= 4 is 17.9 Å². The molecule has 30 heavy (non-hydrogen) atoms. The van der Waals surface area contributed by atoms with Gasteiger partial charge >= 0.3 is 24.1 Å². The Morgan fingerprint density at radius 2 is 1.63 bits per heavy atom. The van der Waals surface area contributed by atoms with Crippen molar-refractivity contribution in [1.82, 2.24) is 10.3 Å². The molecule has 1 aromatic rings. The Hall–Kier alpha value is -2.90. The summed E-state index contributed by atoms with van der Waals surface area (Å²) in [6.07, 6.45) is -0.830. The summed E-state index contributed by atoms with van der Waals surface area (Å²) in [6, 6.07) is 4.27. The van der Waals surface area contributed by atoms with Gasteiger partial charge < -0.3 is 20.3 Å². The fourth-order valence-corrected chi connectivity index (χ4v) is 1.30. The molecule has 0 spiro atoms. The van der Waals surface area contributed by atoms with Crippen molar-refractivity contribution in [2.45, 2.75) is 31.6 Å². The summed E-state index contributed by atoms with van der Waals surface area (Å²) in [5.41, 5.74) is 1.45. The normalized spacial score (nSPS) is 12.0. The number of aromatic nitrogens is 1. The van der Waals surface area contributed by atoms with Crippen molar-refractivity contribution in [2.75, 3.05) is 20.7 Å². The molecule has 0 aliphatic heterocycles. The van der Waals surface area contributed by atoms with Gasteiger partial charge in [-0.1, -0.05) is 6.07 Å². The monoisotopic (exact) mass is 450 g/mol. The summed E-state index contributed by atoms with van der Waals surface area (Å²) in [4.78, 5) is 33.0. The highest BCUT2D eigenvalue weighted by atomic mass is 19.4. The number of pyridine rings is 1. The molecule has 0 saturated heterocycles. The Balaban J connectivity index is 0. The molecule has 1 fully saturated rings. The molecule has 0 radical (unpaired) electrons. The zero-order chi connectivity index (χ0) is 23.7. The first-order chi connectivity index (χ1) is 13.9. The molecule has 2 rings (SSSR count). The molecule has 1 heterocycles. The lowest BCUT2D eigenvalue weighted by Gasteiger charge is -2.03. The maximum absolute atomic E-state index is 11.1. The quantitative estimate of drug-likeness (QED) is 0.462. The Kier molecular flexibility index (Phi) is 15.6. The van der Waals surface area contributed by atoms with Gasteiger partial charge in [0.05, 0.1) is 7.11 Å². The number of carboxylic acid groups (broad SMARTS) is 2. The van der Waals surface area contributed by atoms with E-state index in [1.54, 1.807) is 12.3 Å². The molecule has 172 valence electrons. The van der Waals surface area contributed by atoms with E-state index in [-0.39, 0.29) is 0 Å². The largest absolute Gasteiger partial charge is 0.490 e. The Bertz CT molecular complexity index is 638. The zero-order valence-corrected chi connectivity index (χ0v) is 15.6. The number of ether oxygens (including phenoxy) is 1. The van der Waals surface area contributed by atoms with E-state index < -0.39 is 37.7 Å². The van der Waals surface area contributed by atoms with Gasteiger partial charge in [0, 0.05) is 18.8 Å². The first-order valence-corrected chi connectivity index (χ1v) is 7.89. The van der Waals surface area contributed by atoms with Gasteiger partial charge in [0.25, 0.3) is 0 Å². The van der Waals surface area contributed by atoms with E-state index in [1.807, 2.05) is 6.07 Å². The van der Waals surface area contributed by atoms with Crippen LogP contribution in [0.4, 0.5) is 26.3 Å². The summed E-state index contributed by atoms with van der Waals surface area (Å²) >= 11 is 0. The summed E-state index contributed by atoms with van der Waals surface area (Å²) in [6.45, 7) is -2.21. The smallest absolute Gasteiger partial charge is 0.479 e. The van der Waals surface area contributed by atoms with Crippen LogP contribution >= 0.6 is 0 Å². The molecule has 8 nitrogen and oxygen atoms in total. The lowest BCUT2D eigenvalue weighted by Crippen LogP contribution is -2.21. The van der Waals surface area contributed by atoms with Crippen molar-refractivity contribution < 1.29 is 55.7 Å². The number of rotatable bonds is 5. The predicted octanol–water partition coefficient (Wildman–Crippen LogP) is 2.68. The molecule has 0 aromatic carbocycles. The number of hydrogen-bond donors (Lipinski definition) is 3. The number of nitrogens with one attached hydrogen (secondary N) is 1. The van der Waals surface area contributed by atoms with Crippen LogP contribution in [-0.2, 0) is 20.9 Å². The van der Waals surface area contributed by atoms with Crippen LogP contribution in [0.2, 0.25) is 0 Å². The van der Waals surface area contributed by atoms with Crippen LogP contribution in [0.15, 0.2) is 18.3 Å². The third-order valence-electron chi connectivity index (χ3n) is 2.75. The average Bonchev–Trinajstić information content (AvgIpc) is 3.51. The average molecular weight is 450 g/mol. The topological polar surface area (TPSA) is 126 Å². The molecule has 3 N–H and O–H groups in total. The fourth-order valence-electron chi connectivity index (χ4n) is 1.30. The Morgan fingerprint density at radius 3 is 1.90 bits per heavy atom. The number of hydrogen-bond acceptors (Lipinski definition) is 6. The van der Waals surface area contributed by atoms with Crippen LogP contribution in [0.25, 0.3) is 0 Å². The number of esters is 1. The molecule has 1 aliphatic carbocycles. The van der Waals surface area contributed by atoms with Crippen molar-refractivity contribution in [3.63, 3.8) is 0 Å². The molecule has 1 saturated carbocycles. The minimum Gasteiger partial charge on any atom is -0.479 e. The second-order valence-electron chi connectivity index (χ2n) is 5.13. The first-order valence-electron chi connectivity index (χ1n) is 7.89. The SMILES string of the molecule is COC(=O)c1ccc(CNC2CC2)cn1.FCF.O=C(O)C(F)(F)F.O=C(O)CF. The third kappa shape index (κ3) is 17.2. The van der Waals surface area contributed by atoms with Gasteiger partial charge in [0.15, 0.2) is 6.67 Å². The molecular formula is C16H20F6N2O6. The molecule has 0 amide bonds. The van der Waals surface area contributed by atoms with E-state index in [9.17, 15) is 31.1 Å². The minimum absolute atomic E-state index is 0.354. The second-order valence-corrected chi connectivity index (χ2v) is 5.13. The molecular weight excluding hydrogens is 430 g/mol. The van der Waals surface area contributed by atoms with Gasteiger partial charge in [-0.2, -0.15) is 13.2 Å². The highest BCUT2D eigenvalue weighted by Crippen LogP contribution is 2.19. The minimum atomic E-state index is -5.08. The van der Waals surface area contributed by atoms with Gasteiger partial charge in [-0.3, -0.25) is 0 Å². The van der Waals surface area contributed by atoms with E-state index in [0.717, 1.165) is 12.1 Å². The van der Waals surface area contributed by atoms with Crippen LogP contribution in [0, 0.1) is 0 Å². The molecule has 1 aliphatic rings. The van der Waals surface area contributed by atoms with Crippen molar-refractivity contribution in [3.8, 4) is 0 Å². The van der Waals surface area contributed by atoms with Crippen molar-refractivity contribution in [2.24, 2.45) is 0 Å². The summed E-state index contributed by atoms with van der Waals surface area (Å²) in [5, 5.41) is 17.9. The molecule has 0 bridgehead atoms. The van der Waals surface area contributed by atoms with E-state index >= 15 is 0 Å². The number of nitrogens with zero attached hydrogens (tertiary/aromatic N) is 1. The highest BCUT2D eigenvalue weighted by Gasteiger charge is 2.38. The van der Waals surface area contributed by atoms with Gasteiger partial charge in [0.2, 0.25) is 6.93 Å². The van der Waals surface area contributed by atoms with Gasteiger partial charge in [-0.15, -0.1) is 0 Å². The maximum Gasteiger partial charge on any atom is 0.490 e. The van der Waals surface area contributed by atoms with E-state index in [0.29, 0.717) is 11.7 Å². The number of aliphatic carboxylic acids is 2. The number of carboxylic acids is 2. The van der Waals surface area contributed by atoms with Crippen LogP contribution in [0.1, 0.15) is 28.9 Å². The molecule has 0 atom stereocenters. The first kappa shape index (κ1) is 29.3. The highest BCUT2D eigenvalue weighted by molar-refractivity contribution is 5.86. The predicted molar refractivity (Wildman–Crippen MR) is 89.8 cm³/mol. The number of methoxy groups -OCH3 is 1. The number of carbonyl (C=O) groups is 3. The zero-order valence-electron chi connectivity index (χ0n) is 15.6. The maximum atomic E-state index is 11.1. The molecule has 0 unspecified atom stereocenters. The lowest BCUT2D eigenvalue weighted by molar-refractivity contribution is -0.192. The van der Waals surface area contributed by atoms with Gasteiger partial charge in [-0.05, 0) is 24.5 Å². The standard InChI is InChI=1S/C11H14N2O2.C2HF3O2.C2H3FO2.CH2F2/c1-15-11(14)10-5-2-8(7-13-10)6-12-9-3-4-9;3-2(4,5)1(6)7;3-1-2(4)5;2-1-3/h2,5,7,9,12H,3-4,6H2,1H3;(H,6,7);1H2,(H,4,5);1H2. The van der Waals surface area contributed by atoms with Crippen LogP contribution < -0.4 is 5.32 Å². The van der Waals surface area contributed by atoms with E-state index in [2.05, 4.69) is 15.0 Å². The summed E-state index contributed by atoms with van der Waals surface area (Å²) in [5.74, 6) is -4.56. The molecule has 14 heteroatoms. The van der Waals surface area contributed by atoms with Gasteiger partial charge in [-0.25, -0.2) is 32.5 Å². The Labute approximate surface area is 166 Å². The number of carbonyl (C=O) groups excluding carboxylic acids is 1. The number of alkyl halides is 6. The van der Waals surface area contributed by atoms with Crippen LogP contribution in [0.3, 0.4) is 0 Å². The van der Waals surface area contributed by atoms with Gasteiger partial charge in [0.1, 0.15) is 5.69 Å². The fraction of sp³-hybridized carbons (Fsp3) is 0.500. The lowest BCUT2D eigenvalue weighted by atomic mass is 10.2. The third-order valence-corrected chi connectivity index (χ3v) is 2.75. The van der Waals surface area contributed by atoms with E-state index in [4.69, 9.17) is 19.8 Å². The second kappa shape index (κ2) is 16.0. The molecule has 1 aromatic heterocycles. The van der Waals surface area contributed by atoms with Crippen LogP contribution in [0.5, 0.6) is 0 Å². The summed E-state index contributed by atoms with van der Waals surface area (Å²) in [7, 11) is 1.35.